The van der Waals surface area contributed by atoms with Crippen molar-refractivity contribution in [3.05, 3.63) is 12.5 Å². The highest BCUT2D eigenvalue weighted by molar-refractivity contribution is 7.46. The summed E-state index contributed by atoms with van der Waals surface area (Å²) in [4.78, 5) is 29.1. The van der Waals surface area contributed by atoms with Crippen LogP contribution in [-0.4, -0.2) is 64.4 Å². The number of nitrogens with two attached hydrogens (primary N) is 1. The fraction of sp³-hybridized carbons (Fsp3) is 0.500. The molecule has 0 bridgehead atoms. The van der Waals surface area contributed by atoms with Gasteiger partial charge >= 0.3 is 7.82 Å². The van der Waals surface area contributed by atoms with Gasteiger partial charge in [-0.3, -0.25) is 9.09 Å². The summed E-state index contributed by atoms with van der Waals surface area (Å²) in [5.41, 5.74) is 6.14. The van der Waals surface area contributed by atoms with Gasteiger partial charge in [0.25, 0.3) is 0 Å². The van der Waals surface area contributed by atoms with Gasteiger partial charge in [0.1, 0.15) is 23.8 Å². The first-order valence-corrected chi connectivity index (χ1v) is 7.96. The van der Waals surface area contributed by atoms with Crippen molar-refractivity contribution in [2.75, 3.05) is 12.3 Å². The van der Waals surface area contributed by atoms with E-state index in [0.717, 1.165) is 0 Å². The molecule has 2 aromatic rings. The van der Waals surface area contributed by atoms with Crippen LogP contribution >= 0.6 is 7.82 Å². The number of aliphatic hydroxyl groups excluding tert-OH is 2. The summed E-state index contributed by atoms with van der Waals surface area (Å²) in [6.45, 7) is -0.588. The van der Waals surface area contributed by atoms with Crippen molar-refractivity contribution in [1.82, 2.24) is 19.5 Å². The van der Waals surface area contributed by atoms with Gasteiger partial charge in [-0.15, -0.1) is 0 Å². The number of aliphatic hydroxyl groups is 2. The van der Waals surface area contributed by atoms with E-state index in [0.29, 0.717) is 5.52 Å². The lowest BCUT2D eigenvalue weighted by Crippen LogP contribution is -2.33. The Kier molecular flexibility index (Phi) is 4.06. The van der Waals surface area contributed by atoms with E-state index < -0.39 is 39.0 Å². The predicted octanol–water partition coefficient (Wildman–Crippen LogP) is -1.86. The monoisotopic (exact) mass is 347 g/mol. The minimum Gasteiger partial charge on any atom is -0.387 e. The third kappa shape index (κ3) is 3.19. The second-order valence-corrected chi connectivity index (χ2v) is 6.16. The van der Waals surface area contributed by atoms with Gasteiger partial charge in [-0.05, 0) is 0 Å². The summed E-state index contributed by atoms with van der Waals surface area (Å²) in [6.07, 6.45) is -2.24. The number of phosphoric ester groups is 1. The van der Waals surface area contributed by atoms with Crippen LogP contribution < -0.4 is 5.73 Å². The number of phosphoric acid groups is 1. The molecule has 0 spiro atoms. The van der Waals surface area contributed by atoms with E-state index in [4.69, 9.17) is 20.3 Å². The van der Waals surface area contributed by atoms with Crippen molar-refractivity contribution in [1.29, 1.82) is 0 Å². The van der Waals surface area contributed by atoms with Crippen LogP contribution in [0.5, 0.6) is 0 Å². The molecule has 13 heteroatoms. The predicted molar refractivity (Wildman–Crippen MR) is 73.7 cm³/mol. The van der Waals surface area contributed by atoms with Crippen molar-refractivity contribution in [3.8, 4) is 0 Å². The quantitative estimate of drug-likeness (QED) is 0.390. The minimum atomic E-state index is -4.71. The van der Waals surface area contributed by atoms with Crippen LogP contribution in [0.3, 0.4) is 0 Å². The first-order valence-electron chi connectivity index (χ1n) is 6.43. The number of fused-ring (bicyclic) bond motifs is 1. The number of nitrogen functional groups attached to an aromatic ring is 1. The zero-order valence-corrected chi connectivity index (χ0v) is 12.4. The van der Waals surface area contributed by atoms with Crippen LogP contribution in [-0.2, 0) is 13.8 Å². The van der Waals surface area contributed by atoms with Crippen molar-refractivity contribution >= 4 is 24.9 Å². The summed E-state index contributed by atoms with van der Waals surface area (Å²) < 4.78 is 21.8. The lowest BCUT2D eigenvalue weighted by molar-refractivity contribution is -0.0501. The Hall–Kier alpha value is -1.66. The molecule has 2 aromatic heterocycles. The SMILES string of the molecule is Nc1ncc2c(ncn2[C@H]2O[C@H](COP(=O)(O)O)[C@@H](O)[C@H]2O)n1. The van der Waals surface area contributed by atoms with Gasteiger partial charge in [-0.25, -0.2) is 14.5 Å². The Morgan fingerprint density at radius 1 is 1.35 bits per heavy atom. The van der Waals surface area contributed by atoms with Crippen LogP contribution in [0, 0.1) is 0 Å². The molecule has 4 atom stereocenters. The van der Waals surface area contributed by atoms with Crippen molar-refractivity contribution in [2.24, 2.45) is 0 Å². The summed E-state index contributed by atoms with van der Waals surface area (Å²) in [5.74, 6) is 0.0311. The number of imidazole rings is 1. The van der Waals surface area contributed by atoms with Crippen LogP contribution in [0.25, 0.3) is 11.2 Å². The zero-order valence-electron chi connectivity index (χ0n) is 11.5. The van der Waals surface area contributed by atoms with Gasteiger partial charge in [-0.1, -0.05) is 0 Å². The molecule has 126 valence electrons. The normalized spacial score (nSPS) is 28.5. The number of rotatable bonds is 4. The fourth-order valence-electron chi connectivity index (χ4n) is 2.31. The molecule has 0 unspecified atom stereocenters. The highest BCUT2D eigenvalue weighted by atomic mass is 31.2. The van der Waals surface area contributed by atoms with Crippen LogP contribution in [0.4, 0.5) is 5.95 Å². The van der Waals surface area contributed by atoms with Gasteiger partial charge in [0, 0.05) is 0 Å². The minimum absolute atomic E-state index is 0.0311. The molecule has 1 aliphatic rings. The molecule has 0 saturated carbocycles. The maximum Gasteiger partial charge on any atom is 0.469 e. The molecule has 1 fully saturated rings. The molecular weight excluding hydrogens is 333 g/mol. The van der Waals surface area contributed by atoms with Crippen molar-refractivity contribution in [2.45, 2.75) is 24.5 Å². The highest BCUT2D eigenvalue weighted by Crippen LogP contribution is 2.38. The van der Waals surface area contributed by atoms with Crippen LogP contribution in [0.1, 0.15) is 6.23 Å². The summed E-state index contributed by atoms with van der Waals surface area (Å²) >= 11 is 0. The molecule has 12 nitrogen and oxygen atoms in total. The molecule has 3 heterocycles. The first kappa shape index (κ1) is 16.2. The Morgan fingerprint density at radius 2 is 2.09 bits per heavy atom. The van der Waals surface area contributed by atoms with E-state index in [9.17, 15) is 14.8 Å². The lowest BCUT2D eigenvalue weighted by Gasteiger charge is -2.16. The molecule has 23 heavy (non-hydrogen) atoms. The average Bonchev–Trinajstić information content (AvgIpc) is 2.99. The number of nitrogens with zero attached hydrogens (tertiary/aromatic N) is 4. The number of hydrogen-bond acceptors (Lipinski definition) is 9. The Morgan fingerprint density at radius 3 is 2.78 bits per heavy atom. The number of anilines is 1. The molecule has 0 aliphatic carbocycles. The summed E-state index contributed by atoms with van der Waals surface area (Å²) in [7, 11) is -4.71. The van der Waals surface area contributed by atoms with Gasteiger partial charge in [-0.2, -0.15) is 4.98 Å². The smallest absolute Gasteiger partial charge is 0.387 e. The number of aromatic nitrogens is 4. The molecule has 0 amide bonds. The topological polar surface area (TPSA) is 186 Å². The number of hydrogen-bond donors (Lipinski definition) is 5. The highest BCUT2D eigenvalue weighted by Gasteiger charge is 2.45. The zero-order chi connectivity index (χ0) is 16.8. The first-order chi connectivity index (χ1) is 10.8. The fourth-order valence-corrected chi connectivity index (χ4v) is 2.65. The maximum atomic E-state index is 10.7. The molecule has 1 aliphatic heterocycles. The second-order valence-electron chi connectivity index (χ2n) is 4.92. The largest absolute Gasteiger partial charge is 0.469 e. The van der Waals surface area contributed by atoms with Gasteiger partial charge < -0.3 is 30.5 Å². The maximum absolute atomic E-state index is 10.7. The molecular formula is C10H14N5O7P. The van der Waals surface area contributed by atoms with Crippen LogP contribution in [0.15, 0.2) is 12.5 Å². The van der Waals surface area contributed by atoms with Gasteiger partial charge in [0.05, 0.1) is 19.1 Å². The summed E-state index contributed by atoms with van der Waals surface area (Å²) in [5, 5.41) is 20.1. The Labute approximate surface area is 128 Å². The third-order valence-corrected chi connectivity index (χ3v) is 3.86. The molecule has 6 N–H and O–H groups in total. The molecule has 1 saturated heterocycles. The van der Waals surface area contributed by atoms with E-state index in [1.165, 1.54) is 17.1 Å². The standard InChI is InChI=1S/C10H14N5O7P/c11-10-12-1-4-8(14-10)13-3-15(4)9-7(17)6(16)5(22-9)2-21-23(18,19)20/h1,3,5-7,9,16-17H,2H2,(H2,11,12,14)(H2,18,19,20)/t5-,6-,7-,9+/m1/s1. The van der Waals surface area contributed by atoms with Crippen molar-refractivity contribution < 1.29 is 33.8 Å². The van der Waals surface area contributed by atoms with E-state index in [2.05, 4.69) is 19.5 Å². The second kappa shape index (κ2) is 5.76. The Balaban J connectivity index is 1.83. The van der Waals surface area contributed by atoms with E-state index in [1.54, 1.807) is 0 Å². The van der Waals surface area contributed by atoms with Crippen LogP contribution in [0.2, 0.25) is 0 Å². The molecule has 3 rings (SSSR count). The van der Waals surface area contributed by atoms with Gasteiger partial charge in [0.15, 0.2) is 11.9 Å². The van der Waals surface area contributed by atoms with E-state index >= 15 is 0 Å². The summed E-state index contributed by atoms with van der Waals surface area (Å²) in [6, 6.07) is 0. The molecule has 0 aromatic carbocycles. The van der Waals surface area contributed by atoms with Gasteiger partial charge in [0.2, 0.25) is 5.95 Å². The van der Waals surface area contributed by atoms with Crippen molar-refractivity contribution in [3.63, 3.8) is 0 Å². The van der Waals surface area contributed by atoms with E-state index in [-0.39, 0.29) is 11.6 Å². The Bertz CT molecular complexity index is 763. The average molecular weight is 347 g/mol. The molecule has 0 radical (unpaired) electrons. The number of ether oxygens (including phenoxy) is 1. The third-order valence-electron chi connectivity index (χ3n) is 3.37. The lowest BCUT2D eigenvalue weighted by atomic mass is 10.1. The van der Waals surface area contributed by atoms with E-state index in [1.807, 2.05) is 0 Å².